The highest BCUT2D eigenvalue weighted by molar-refractivity contribution is 5.40. The standard InChI is InChI=1S/C16H17NO3/c18-13-7-5-12(6-8-13)9-17-10-14-11-19-15-3-1-2-4-16(15)20-14/h1-8,14,17-18H,9-11H2/t14-/m1/s1. The zero-order chi connectivity index (χ0) is 13.8. The first-order chi connectivity index (χ1) is 9.81. The largest absolute Gasteiger partial charge is 0.508 e. The van der Waals surface area contributed by atoms with Crippen LogP contribution in [0.2, 0.25) is 0 Å². The van der Waals surface area contributed by atoms with Gasteiger partial charge in [-0.1, -0.05) is 24.3 Å². The first-order valence-corrected chi connectivity index (χ1v) is 6.68. The van der Waals surface area contributed by atoms with Crippen molar-refractivity contribution >= 4 is 0 Å². The topological polar surface area (TPSA) is 50.7 Å². The van der Waals surface area contributed by atoms with Crippen LogP contribution >= 0.6 is 0 Å². The quantitative estimate of drug-likeness (QED) is 0.896. The van der Waals surface area contributed by atoms with E-state index >= 15 is 0 Å². The zero-order valence-electron chi connectivity index (χ0n) is 11.1. The highest BCUT2D eigenvalue weighted by Crippen LogP contribution is 2.30. The molecule has 0 unspecified atom stereocenters. The molecule has 4 heteroatoms. The number of hydrogen-bond donors (Lipinski definition) is 2. The molecule has 0 aliphatic carbocycles. The van der Waals surface area contributed by atoms with Crippen molar-refractivity contribution in [2.24, 2.45) is 0 Å². The Morgan fingerprint density at radius 2 is 1.80 bits per heavy atom. The third-order valence-electron chi connectivity index (χ3n) is 3.20. The van der Waals surface area contributed by atoms with Crippen LogP contribution in [-0.4, -0.2) is 24.4 Å². The highest BCUT2D eigenvalue weighted by Gasteiger charge is 2.19. The monoisotopic (exact) mass is 271 g/mol. The van der Waals surface area contributed by atoms with Gasteiger partial charge in [-0.25, -0.2) is 0 Å². The summed E-state index contributed by atoms with van der Waals surface area (Å²) in [6.07, 6.45) is 0.0158. The molecule has 4 nitrogen and oxygen atoms in total. The molecule has 0 amide bonds. The molecule has 2 aromatic carbocycles. The maximum absolute atomic E-state index is 9.22. The van der Waals surface area contributed by atoms with E-state index in [0.717, 1.165) is 30.2 Å². The predicted octanol–water partition coefficient (Wildman–Crippen LogP) is 2.32. The highest BCUT2D eigenvalue weighted by atomic mass is 16.6. The van der Waals surface area contributed by atoms with Crippen LogP contribution in [0, 0.1) is 0 Å². The number of hydrogen-bond acceptors (Lipinski definition) is 4. The van der Waals surface area contributed by atoms with Crippen LogP contribution in [0.4, 0.5) is 0 Å². The van der Waals surface area contributed by atoms with Gasteiger partial charge < -0.3 is 19.9 Å². The van der Waals surface area contributed by atoms with Gasteiger partial charge in [-0.2, -0.15) is 0 Å². The number of nitrogens with one attached hydrogen (secondary N) is 1. The molecule has 20 heavy (non-hydrogen) atoms. The second-order valence-corrected chi connectivity index (χ2v) is 4.79. The van der Waals surface area contributed by atoms with Crippen LogP contribution in [0.5, 0.6) is 17.2 Å². The summed E-state index contributed by atoms with van der Waals surface area (Å²) in [6, 6.07) is 14.9. The number of rotatable bonds is 4. The van der Waals surface area contributed by atoms with Crippen molar-refractivity contribution in [1.82, 2.24) is 5.32 Å². The van der Waals surface area contributed by atoms with Gasteiger partial charge >= 0.3 is 0 Å². The van der Waals surface area contributed by atoms with Gasteiger partial charge in [0.15, 0.2) is 11.5 Å². The minimum absolute atomic E-state index is 0.0158. The summed E-state index contributed by atoms with van der Waals surface area (Å²) >= 11 is 0. The van der Waals surface area contributed by atoms with Crippen LogP contribution in [0.1, 0.15) is 5.56 Å². The van der Waals surface area contributed by atoms with E-state index in [-0.39, 0.29) is 11.9 Å². The second kappa shape index (κ2) is 5.84. The fourth-order valence-corrected chi connectivity index (χ4v) is 2.15. The second-order valence-electron chi connectivity index (χ2n) is 4.79. The fraction of sp³-hybridized carbons (Fsp3) is 0.250. The minimum atomic E-state index is 0.0158. The molecule has 1 atom stereocenters. The van der Waals surface area contributed by atoms with Crippen LogP contribution in [0.25, 0.3) is 0 Å². The van der Waals surface area contributed by atoms with Crippen molar-refractivity contribution in [2.75, 3.05) is 13.2 Å². The summed E-state index contributed by atoms with van der Waals surface area (Å²) in [4.78, 5) is 0. The van der Waals surface area contributed by atoms with Crippen molar-refractivity contribution in [3.8, 4) is 17.2 Å². The SMILES string of the molecule is Oc1ccc(CNC[C@@H]2COc3ccccc3O2)cc1. The summed E-state index contributed by atoms with van der Waals surface area (Å²) < 4.78 is 11.5. The van der Waals surface area contributed by atoms with Gasteiger partial charge in [-0.3, -0.25) is 0 Å². The molecular weight excluding hydrogens is 254 g/mol. The molecule has 0 aromatic heterocycles. The van der Waals surface area contributed by atoms with Crippen LogP contribution < -0.4 is 14.8 Å². The van der Waals surface area contributed by atoms with E-state index < -0.39 is 0 Å². The van der Waals surface area contributed by atoms with E-state index in [1.807, 2.05) is 36.4 Å². The Morgan fingerprint density at radius 3 is 2.60 bits per heavy atom. The molecule has 0 saturated carbocycles. The number of benzene rings is 2. The lowest BCUT2D eigenvalue weighted by Crippen LogP contribution is -2.38. The fourth-order valence-electron chi connectivity index (χ4n) is 2.15. The number of fused-ring (bicyclic) bond motifs is 1. The zero-order valence-corrected chi connectivity index (χ0v) is 11.1. The van der Waals surface area contributed by atoms with Crippen LogP contribution in [0.3, 0.4) is 0 Å². The minimum Gasteiger partial charge on any atom is -0.508 e. The van der Waals surface area contributed by atoms with Gasteiger partial charge in [0, 0.05) is 13.1 Å². The van der Waals surface area contributed by atoms with E-state index in [1.54, 1.807) is 12.1 Å². The number of phenolic OH excluding ortho intramolecular Hbond substituents is 1. The lowest BCUT2D eigenvalue weighted by atomic mass is 10.2. The predicted molar refractivity (Wildman–Crippen MR) is 76.2 cm³/mol. The Morgan fingerprint density at radius 1 is 1.05 bits per heavy atom. The summed E-state index contributed by atoms with van der Waals surface area (Å²) in [6.45, 7) is 2.01. The van der Waals surface area contributed by atoms with Crippen molar-refractivity contribution in [1.29, 1.82) is 0 Å². The molecule has 0 fully saturated rings. The van der Waals surface area contributed by atoms with Gasteiger partial charge in [0.2, 0.25) is 0 Å². The molecule has 1 aliphatic rings. The third-order valence-corrected chi connectivity index (χ3v) is 3.20. The average Bonchev–Trinajstić information content (AvgIpc) is 2.49. The number of para-hydroxylation sites is 2. The van der Waals surface area contributed by atoms with Crippen LogP contribution in [-0.2, 0) is 6.54 Å². The number of aromatic hydroxyl groups is 1. The molecule has 0 bridgehead atoms. The Labute approximate surface area is 118 Å². The van der Waals surface area contributed by atoms with Gasteiger partial charge in [0.25, 0.3) is 0 Å². The maximum Gasteiger partial charge on any atom is 0.161 e. The molecule has 2 N–H and O–H groups in total. The Kier molecular flexibility index (Phi) is 3.74. The summed E-state index contributed by atoms with van der Waals surface area (Å²) in [5.41, 5.74) is 1.12. The first-order valence-electron chi connectivity index (χ1n) is 6.68. The molecule has 3 rings (SSSR count). The summed E-state index contributed by atoms with van der Waals surface area (Å²) in [7, 11) is 0. The normalized spacial score (nSPS) is 16.9. The Bertz CT molecular complexity index is 568. The number of phenols is 1. The van der Waals surface area contributed by atoms with Crippen molar-refractivity contribution in [3.63, 3.8) is 0 Å². The Hall–Kier alpha value is -2.20. The van der Waals surface area contributed by atoms with E-state index in [2.05, 4.69) is 5.32 Å². The van der Waals surface area contributed by atoms with Crippen molar-refractivity contribution in [2.45, 2.75) is 12.6 Å². The number of ether oxygens (including phenoxy) is 2. The molecule has 1 aliphatic heterocycles. The molecule has 0 radical (unpaired) electrons. The van der Waals surface area contributed by atoms with E-state index in [4.69, 9.17) is 9.47 Å². The molecule has 2 aromatic rings. The van der Waals surface area contributed by atoms with Gasteiger partial charge in [0.1, 0.15) is 18.5 Å². The van der Waals surface area contributed by atoms with Crippen LogP contribution in [0.15, 0.2) is 48.5 Å². The third kappa shape index (κ3) is 3.03. The van der Waals surface area contributed by atoms with E-state index in [0.29, 0.717) is 6.61 Å². The smallest absolute Gasteiger partial charge is 0.161 e. The first kappa shape index (κ1) is 12.8. The lowest BCUT2D eigenvalue weighted by Gasteiger charge is -2.26. The lowest BCUT2D eigenvalue weighted by molar-refractivity contribution is 0.0902. The van der Waals surface area contributed by atoms with Crippen molar-refractivity contribution < 1.29 is 14.6 Å². The summed E-state index contributed by atoms with van der Waals surface area (Å²) in [5, 5.41) is 12.6. The maximum atomic E-state index is 9.22. The van der Waals surface area contributed by atoms with Gasteiger partial charge in [0.05, 0.1) is 0 Å². The molecule has 0 spiro atoms. The Balaban J connectivity index is 1.49. The van der Waals surface area contributed by atoms with E-state index in [9.17, 15) is 5.11 Å². The molecule has 104 valence electrons. The van der Waals surface area contributed by atoms with Crippen molar-refractivity contribution in [3.05, 3.63) is 54.1 Å². The van der Waals surface area contributed by atoms with Gasteiger partial charge in [-0.05, 0) is 29.8 Å². The molecule has 0 saturated heterocycles. The molecule has 1 heterocycles. The van der Waals surface area contributed by atoms with Gasteiger partial charge in [-0.15, -0.1) is 0 Å². The molecular formula is C16H17NO3. The van der Waals surface area contributed by atoms with E-state index in [1.165, 1.54) is 0 Å². The summed E-state index contributed by atoms with van der Waals surface area (Å²) in [5.74, 6) is 1.90. The average molecular weight is 271 g/mol.